The summed E-state index contributed by atoms with van der Waals surface area (Å²) in [5, 5.41) is 32.9. The number of hydrogen-bond donors (Lipinski definition) is 3. The predicted octanol–water partition coefficient (Wildman–Crippen LogP) is 1.43. The standard InChI is InChI=1S/C11H12Cl2N2O5/c1-5(16)14-4-10(17)11(18)6-2-7(12)8(13)3-9(6)15(19)20/h2-3,10-11,17-18H,4H2,1H3,(H,14,16). The van der Waals surface area contributed by atoms with Gasteiger partial charge in [0.25, 0.3) is 5.69 Å². The van der Waals surface area contributed by atoms with Crippen LogP contribution in [0.4, 0.5) is 5.69 Å². The maximum atomic E-state index is 10.9. The van der Waals surface area contributed by atoms with Gasteiger partial charge in [0.1, 0.15) is 12.2 Å². The number of halogens is 2. The first-order valence-electron chi connectivity index (χ1n) is 5.48. The number of nitrogens with zero attached hydrogens (tertiary/aromatic N) is 1. The van der Waals surface area contributed by atoms with Gasteiger partial charge in [-0.05, 0) is 6.07 Å². The van der Waals surface area contributed by atoms with Crippen LogP contribution < -0.4 is 5.32 Å². The van der Waals surface area contributed by atoms with Crippen LogP contribution in [0.1, 0.15) is 18.6 Å². The number of carbonyl (C=O) groups excluding carboxylic acids is 1. The van der Waals surface area contributed by atoms with E-state index in [0.717, 1.165) is 12.1 Å². The number of rotatable bonds is 5. The molecule has 7 nitrogen and oxygen atoms in total. The van der Waals surface area contributed by atoms with Crippen LogP contribution in [-0.4, -0.2) is 33.7 Å². The van der Waals surface area contributed by atoms with E-state index in [1.54, 1.807) is 0 Å². The van der Waals surface area contributed by atoms with Crippen LogP contribution in [-0.2, 0) is 4.79 Å². The topological polar surface area (TPSA) is 113 Å². The second kappa shape index (κ2) is 6.85. The molecule has 110 valence electrons. The summed E-state index contributed by atoms with van der Waals surface area (Å²) in [6.45, 7) is 0.981. The van der Waals surface area contributed by atoms with E-state index in [2.05, 4.69) is 5.32 Å². The summed E-state index contributed by atoms with van der Waals surface area (Å²) in [6, 6.07) is 2.11. The van der Waals surface area contributed by atoms with Gasteiger partial charge >= 0.3 is 0 Å². The number of carbonyl (C=O) groups is 1. The molecular formula is C11H12Cl2N2O5. The molecule has 9 heteroatoms. The van der Waals surface area contributed by atoms with Crippen molar-refractivity contribution in [2.75, 3.05) is 6.54 Å². The van der Waals surface area contributed by atoms with Crippen LogP contribution in [0, 0.1) is 10.1 Å². The molecule has 1 rings (SSSR count). The Morgan fingerprint density at radius 1 is 1.40 bits per heavy atom. The normalized spacial score (nSPS) is 13.7. The Morgan fingerprint density at radius 2 is 1.95 bits per heavy atom. The maximum absolute atomic E-state index is 10.9. The molecule has 1 aromatic carbocycles. The number of aliphatic hydroxyl groups excluding tert-OH is 2. The third kappa shape index (κ3) is 4.04. The Balaban J connectivity index is 3.07. The maximum Gasteiger partial charge on any atom is 0.276 e. The van der Waals surface area contributed by atoms with Crippen LogP contribution >= 0.6 is 23.2 Å². The second-order valence-corrected chi connectivity index (χ2v) is 4.85. The molecule has 2 atom stereocenters. The third-order valence-corrected chi connectivity index (χ3v) is 3.23. The molecule has 0 spiro atoms. The van der Waals surface area contributed by atoms with Crippen molar-refractivity contribution >= 4 is 34.8 Å². The van der Waals surface area contributed by atoms with Gasteiger partial charge in [0.15, 0.2) is 0 Å². The van der Waals surface area contributed by atoms with Crippen molar-refractivity contribution in [2.45, 2.75) is 19.1 Å². The number of benzene rings is 1. The van der Waals surface area contributed by atoms with E-state index < -0.39 is 28.7 Å². The van der Waals surface area contributed by atoms with Gasteiger partial charge in [-0.15, -0.1) is 0 Å². The first kappa shape index (κ1) is 16.6. The van der Waals surface area contributed by atoms with Crippen LogP contribution in [0.5, 0.6) is 0 Å². The van der Waals surface area contributed by atoms with Crippen molar-refractivity contribution < 1.29 is 19.9 Å². The molecule has 1 aromatic rings. The van der Waals surface area contributed by atoms with Gasteiger partial charge in [-0.2, -0.15) is 0 Å². The van der Waals surface area contributed by atoms with E-state index in [1.165, 1.54) is 6.92 Å². The smallest absolute Gasteiger partial charge is 0.276 e. The Kier molecular flexibility index (Phi) is 5.70. The molecular weight excluding hydrogens is 311 g/mol. The summed E-state index contributed by atoms with van der Waals surface area (Å²) < 4.78 is 0. The van der Waals surface area contributed by atoms with Crippen molar-refractivity contribution in [3.05, 3.63) is 37.9 Å². The molecule has 0 bridgehead atoms. The largest absolute Gasteiger partial charge is 0.388 e. The zero-order chi connectivity index (χ0) is 15.4. The molecule has 0 heterocycles. The fourth-order valence-electron chi connectivity index (χ4n) is 1.51. The first-order valence-corrected chi connectivity index (χ1v) is 6.23. The fourth-order valence-corrected chi connectivity index (χ4v) is 1.84. The predicted molar refractivity (Wildman–Crippen MR) is 72.8 cm³/mol. The molecule has 1 amide bonds. The van der Waals surface area contributed by atoms with Gasteiger partial charge in [0.05, 0.1) is 20.5 Å². The van der Waals surface area contributed by atoms with Gasteiger partial charge in [-0.1, -0.05) is 23.2 Å². The minimum atomic E-state index is -1.59. The van der Waals surface area contributed by atoms with Gasteiger partial charge in [-0.3, -0.25) is 14.9 Å². The van der Waals surface area contributed by atoms with Crippen LogP contribution in [0.15, 0.2) is 12.1 Å². The van der Waals surface area contributed by atoms with E-state index in [-0.39, 0.29) is 22.2 Å². The number of nitro groups is 1. The zero-order valence-electron chi connectivity index (χ0n) is 10.3. The molecule has 0 saturated heterocycles. The lowest BCUT2D eigenvalue weighted by Gasteiger charge is -2.18. The van der Waals surface area contributed by atoms with E-state index in [9.17, 15) is 25.1 Å². The third-order valence-electron chi connectivity index (χ3n) is 2.51. The van der Waals surface area contributed by atoms with E-state index in [4.69, 9.17) is 23.2 Å². The molecule has 3 N–H and O–H groups in total. The summed E-state index contributed by atoms with van der Waals surface area (Å²) in [7, 11) is 0. The molecule has 0 saturated carbocycles. The van der Waals surface area contributed by atoms with Crippen molar-refractivity contribution in [1.29, 1.82) is 0 Å². The zero-order valence-corrected chi connectivity index (χ0v) is 11.9. The number of amides is 1. The summed E-state index contributed by atoms with van der Waals surface area (Å²) >= 11 is 11.4. The van der Waals surface area contributed by atoms with E-state index in [1.807, 2.05) is 0 Å². The van der Waals surface area contributed by atoms with Crippen molar-refractivity contribution in [3.8, 4) is 0 Å². The molecule has 2 unspecified atom stereocenters. The van der Waals surface area contributed by atoms with E-state index >= 15 is 0 Å². The molecule has 0 aliphatic carbocycles. The number of hydrogen-bond acceptors (Lipinski definition) is 5. The first-order chi connectivity index (χ1) is 9.23. The highest BCUT2D eigenvalue weighted by atomic mass is 35.5. The SMILES string of the molecule is CC(=O)NCC(O)C(O)c1cc(Cl)c(Cl)cc1[N+](=O)[O-]. The molecule has 0 aromatic heterocycles. The van der Waals surface area contributed by atoms with Crippen molar-refractivity contribution in [1.82, 2.24) is 5.32 Å². The average molecular weight is 323 g/mol. The molecule has 0 aliphatic heterocycles. The molecule has 0 aliphatic rings. The lowest BCUT2D eigenvalue weighted by atomic mass is 10.0. The van der Waals surface area contributed by atoms with Gasteiger partial charge in [0, 0.05) is 19.5 Å². The molecule has 0 radical (unpaired) electrons. The Morgan fingerprint density at radius 3 is 2.45 bits per heavy atom. The Labute approximate surface area is 124 Å². The number of nitrogens with one attached hydrogen (secondary N) is 1. The number of aliphatic hydroxyl groups is 2. The summed E-state index contributed by atoms with van der Waals surface area (Å²) in [5.74, 6) is -0.403. The monoisotopic (exact) mass is 322 g/mol. The van der Waals surface area contributed by atoms with Crippen molar-refractivity contribution in [3.63, 3.8) is 0 Å². The van der Waals surface area contributed by atoms with Crippen LogP contribution in [0.25, 0.3) is 0 Å². The summed E-state index contributed by atoms with van der Waals surface area (Å²) in [4.78, 5) is 20.9. The average Bonchev–Trinajstić information content (AvgIpc) is 2.37. The highest BCUT2D eigenvalue weighted by Crippen LogP contribution is 2.34. The minimum Gasteiger partial charge on any atom is -0.388 e. The van der Waals surface area contributed by atoms with Crippen LogP contribution in [0.3, 0.4) is 0 Å². The molecule has 0 fully saturated rings. The van der Waals surface area contributed by atoms with Gasteiger partial charge < -0.3 is 15.5 Å². The quantitative estimate of drug-likeness (QED) is 0.560. The Hall–Kier alpha value is -1.41. The van der Waals surface area contributed by atoms with Crippen LogP contribution in [0.2, 0.25) is 10.0 Å². The fraction of sp³-hybridized carbons (Fsp3) is 0.364. The lowest BCUT2D eigenvalue weighted by Crippen LogP contribution is -2.34. The summed E-state index contributed by atoms with van der Waals surface area (Å²) in [5.41, 5.74) is -0.643. The molecule has 20 heavy (non-hydrogen) atoms. The van der Waals surface area contributed by atoms with E-state index in [0.29, 0.717) is 0 Å². The highest BCUT2D eigenvalue weighted by Gasteiger charge is 2.27. The van der Waals surface area contributed by atoms with Gasteiger partial charge in [0.2, 0.25) is 5.91 Å². The highest BCUT2D eigenvalue weighted by molar-refractivity contribution is 6.42. The van der Waals surface area contributed by atoms with Gasteiger partial charge in [-0.25, -0.2) is 0 Å². The number of nitro benzene ring substituents is 1. The lowest BCUT2D eigenvalue weighted by molar-refractivity contribution is -0.386. The summed E-state index contributed by atoms with van der Waals surface area (Å²) in [6.07, 6.45) is -3.01. The van der Waals surface area contributed by atoms with Crippen molar-refractivity contribution in [2.24, 2.45) is 0 Å². The minimum absolute atomic E-state index is 0.0121. The second-order valence-electron chi connectivity index (χ2n) is 4.03. The Bertz CT molecular complexity index is 538.